The van der Waals surface area contributed by atoms with Gasteiger partial charge in [0.05, 0.1) is 23.9 Å². The molecule has 0 bridgehead atoms. The van der Waals surface area contributed by atoms with Crippen molar-refractivity contribution in [3.63, 3.8) is 0 Å². The molecule has 2 aromatic carbocycles. The third-order valence-corrected chi connectivity index (χ3v) is 8.73. The van der Waals surface area contributed by atoms with E-state index >= 15 is 0 Å². The molecule has 8 nitrogen and oxygen atoms in total. The van der Waals surface area contributed by atoms with Crippen LogP contribution in [-0.4, -0.2) is 72.8 Å². The van der Waals surface area contributed by atoms with Crippen LogP contribution >= 0.6 is 0 Å². The summed E-state index contributed by atoms with van der Waals surface area (Å²) in [5, 5.41) is 2.86. The lowest BCUT2D eigenvalue weighted by molar-refractivity contribution is -0.0584. The molecular formula is C32H43BF2N2O6. The largest absolute Gasteiger partial charge is 0.494 e. The minimum atomic E-state index is -0.850. The molecule has 11 heteroatoms. The number of rotatable bonds is 6. The van der Waals surface area contributed by atoms with Crippen LogP contribution in [0.4, 0.5) is 13.6 Å². The van der Waals surface area contributed by atoms with E-state index in [4.69, 9.17) is 23.5 Å². The summed E-state index contributed by atoms with van der Waals surface area (Å²) in [6.45, 7) is 15.2. The summed E-state index contributed by atoms with van der Waals surface area (Å²) in [5.74, 6) is -0.389. The molecule has 0 aromatic heterocycles. The molecular weight excluding hydrogens is 557 g/mol. The fraction of sp³-hybridized carbons (Fsp3) is 0.594. The van der Waals surface area contributed by atoms with Gasteiger partial charge in [0.1, 0.15) is 35.2 Å². The van der Waals surface area contributed by atoms with Gasteiger partial charge in [-0.2, -0.15) is 0 Å². The first kappa shape index (κ1) is 31.7. The SMILES string of the molecule is CC(C)(C)OC(=O)N[C@H]1C[C@@H](N2CC[C@H](Oc3ccc(B4OC(C)(C)C(C)(C)O4)cc3)C2)CO[C@@H]1c1cc(F)ccc1F. The topological polar surface area (TPSA) is 78.5 Å². The number of hydrogen-bond donors (Lipinski definition) is 1. The second kappa shape index (κ2) is 12.0. The summed E-state index contributed by atoms with van der Waals surface area (Å²) in [7, 11) is -0.431. The molecule has 3 aliphatic rings. The zero-order valence-corrected chi connectivity index (χ0v) is 26.1. The second-order valence-electron chi connectivity index (χ2n) is 13.7. The Morgan fingerprint density at radius 1 is 1.05 bits per heavy atom. The van der Waals surface area contributed by atoms with Crippen LogP contribution in [0.2, 0.25) is 0 Å². The maximum atomic E-state index is 14.7. The van der Waals surface area contributed by atoms with Crippen molar-refractivity contribution < 1.29 is 37.1 Å². The van der Waals surface area contributed by atoms with Gasteiger partial charge < -0.3 is 28.8 Å². The molecule has 5 rings (SSSR count). The van der Waals surface area contributed by atoms with Crippen molar-refractivity contribution in [3.8, 4) is 5.75 Å². The van der Waals surface area contributed by atoms with Crippen LogP contribution in [0.1, 0.15) is 73.0 Å². The Labute approximate surface area is 253 Å². The zero-order valence-electron chi connectivity index (χ0n) is 26.1. The van der Waals surface area contributed by atoms with E-state index in [2.05, 4.69) is 10.2 Å². The maximum Gasteiger partial charge on any atom is 0.494 e. The van der Waals surface area contributed by atoms with Crippen molar-refractivity contribution in [1.29, 1.82) is 0 Å². The van der Waals surface area contributed by atoms with E-state index in [9.17, 15) is 13.6 Å². The molecule has 0 aliphatic carbocycles. The van der Waals surface area contributed by atoms with Crippen LogP contribution in [0.25, 0.3) is 0 Å². The number of nitrogens with one attached hydrogen (secondary N) is 1. The molecule has 2 aromatic rings. The molecule has 1 N–H and O–H groups in total. The van der Waals surface area contributed by atoms with Gasteiger partial charge in [-0.1, -0.05) is 12.1 Å². The minimum absolute atomic E-state index is 0.0293. The van der Waals surface area contributed by atoms with Crippen LogP contribution in [0.15, 0.2) is 42.5 Å². The number of halogens is 2. The lowest BCUT2D eigenvalue weighted by Crippen LogP contribution is -2.52. The summed E-state index contributed by atoms with van der Waals surface area (Å²) < 4.78 is 59.0. The van der Waals surface area contributed by atoms with Gasteiger partial charge in [0.2, 0.25) is 0 Å². The van der Waals surface area contributed by atoms with Gasteiger partial charge in [-0.3, -0.25) is 4.90 Å². The number of ether oxygens (including phenoxy) is 3. The van der Waals surface area contributed by atoms with Gasteiger partial charge in [-0.05, 0) is 97.1 Å². The van der Waals surface area contributed by atoms with E-state index in [-0.39, 0.29) is 17.7 Å². The van der Waals surface area contributed by atoms with E-state index in [0.717, 1.165) is 42.4 Å². The highest BCUT2D eigenvalue weighted by Crippen LogP contribution is 2.37. The first-order valence-corrected chi connectivity index (χ1v) is 15.0. The van der Waals surface area contributed by atoms with Crippen LogP contribution in [0.5, 0.6) is 5.75 Å². The van der Waals surface area contributed by atoms with Gasteiger partial charge in [-0.15, -0.1) is 0 Å². The van der Waals surface area contributed by atoms with Crippen molar-refractivity contribution in [2.75, 3.05) is 19.7 Å². The second-order valence-corrected chi connectivity index (χ2v) is 13.7. The predicted octanol–water partition coefficient (Wildman–Crippen LogP) is 5.14. The third-order valence-electron chi connectivity index (χ3n) is 8.73. The van der Waals surface area contributed by atoms with E-state index in [1.165, 1.54) is 0 Å². The first-order valence-electron chi connectivity index (χ1n) is 15.0. The van der Waals surface area contributed by atoms with Gasteiger partial charge in [0.15, 0.2) is 0 Å². The number of carbonyl (C=O) groups excluding carboxylic acids is 1. The number of likely N-dealkylation sites (tertiary alicyclic amines) is 1. The lowest BCUT2D eigenvalue weighted by Gasteiger charge is -2.40. The molecule has 234 valence electrons. The smallest absolute Gasteiger partial charge is 0.489 e. The van der Waals surface area contributed by atoms with Crippen LogP contribution in [0, 0.1) is 11.6 Å². The monoisotopic (exact) mass is 600 g/mol. The molecule has 0 radical (unpaired) electrons. The molecule has 1 amide bonds. The fourth-order valence-corrected chi connectivity index (χ4v) is 5.76. The van der Waals surface area contributed by atoms with Crippen molar-refractivity contribution >= 4 is 18.7 Å². The Morgan fingerprint density at radius 2 is 1.72 bits per heavy atom. The number of amides is 1. The van der Waals surface area contributed by atoms with Gasteiger partial charge >= 0.3 is 13.2 Å². The maximum absolute atomic E-state index is 14.7. The summed E-state index contributed by atoms with van der Waals surface area (Å²) in [6, 6.07) is 10.4. The Bertz CT molecular complexity index is 1290. The molecule has 43 heavy (non-hydrogen) atoms. The molecule has 0 spiro atoms. The normalized spacial score (nSPS) is 27.2. The number of carbonyl (C=O) groups is 1. The van der Waals surface area contributed by atoms with Gasteiger partial charge in [-0.25, -0.2) is 13.6 Å². The average Bonchev–Trinajstić information content (AvgIpc) is 3.45. The highest BCUT2D eigenvalue weighted by molar-refractivity contribution is 6.62. The van der Waals surface area contributed by atoms with Crippen LogP contribution in [-0.2, 0) is 18.8 Å². The number of nitrogens with zero attached hydrogens (tertiary/aromatic N) is 1. The van der Waals surface area contributed by atoms with E-state index in [1.807, 2.05) is 52.0 Å². The van der Waals surface area contributed by atoms with Crippen LogP contribution in [0.3, 0.4) is 0 Å². The fourth-order valence-electron chi connectivity index (χ4n) is 5.76. The Morgan fingerprint density at radius 3 is 2.37 bits per heavy atom. The highest BCUT2D eigenvalue weighted by Gasteiger charge is 2.51. The van der Waals surface area contributed by atoms with Crippen molar-refractivity contribution in [1.82, 2.24) is 10.2 Å². The Hall–Kier alpha value is -2.73. The summed E-state index contributed by atoms with van der Waals surface area (Å²) in [4.78, 5) is 15.0. The molecule has 0 saturated carbocycles. The van der Waals surface area contributed by atoms with Gasteiger partial charge in [0, 0.05) is 24.7 Å². The quantitative estimate of drug-likeness (QED) is 0.461. The van der Waals surface area contributed by atoms with E-state index in [1.54, 1.807) is 20.8 Å². The Balaban J connectivity index is 1.21. The lowest BCUT2D eigenvalue weighted by atomic mass is 9.79. The number of benzene rings is 2. The molecule has 0 unspecified atom stereocenters. The van der Waals surface area contributed by atoms with E-state index in [0.29, 0.717) is 19.6 Å². The van der Waals surface area contributed by atoms with Gasteiger partial charge in [0.25, 0.3) is 0 Å². The number of hydrogen-bond acceptors (Lipinski definition) is 7. The highest BCUT2D eigenvalue weighted by atomic mass is 19.1. The predicted molar refractivity (Wildman–Crippen MR) is 159 cm³/mol. The molecule has 3 saturated heterocycles. The standard InChI is InChI=1S/C32H43BF2N2O6/c1-30(2,3)41-29(38)36-27-17-22(19-39-28(27)25-16-21(34)10-13-26(25)35)37-15-14-24(18-37)40-23-11-8-20(9-12-23)33-42-31(4,5)32(6,7)43-33/h8-13,16,22,24,27-28H,14-15,17-19H2,1-7H3,(H,36,38)/t22-,24+,27+,28-/m1/s1. The summed E-state index contributed by atoms with van der Waals surface area (Å²) in [6.07, 6.45) is -0.207. The van der Waals surface area contributed by atoms with Crippen LogP contribution < -0.4 is 15.5 Å². The van der Waals surface area contributed by atoms with E-state index < -0.39 is 53.8 Å². The summed E-state index contributed by atoms with van der Waals surface area (Å²) in [5.41, 5.74) is -0.510. The summed E-state index contributed by atoms with van der Waals surface area (Å²) >= 11 is 0. The average molecular weight is 601 g/mol. The molecule has 4 atom stereocenters. The minimum Gasteiger partial charge on any atom is -0.489 e. The molecule has 3 aliphatic heterocycles. The van der Waals surface area contributed by atoms with Crippen molar-refractivity contribution in [2.45, 2.75) is 102 Å². The molecule has 3 heterocycles. The first-order chi connectivity index (χ1) is 20.1. The zero-order chi connectivity index (χ0) is 31.2. The van der Waals surface area contributed by atoms with Crippen molar-refractivity contribution in [3.05, 3.63) is 59.7 Å². The number of alkyl carbamates (subject to hydrolysis) is 1. The molecule has 3 fully saturated rings. The third kappa shape index (κ3) is 7.33. The van der Waals surface area contributed by atoms with Crippen molar-refractivity contribution in [2.24, 2.45) is 0 Å². The Kier molecular flexibility index (Phi) is 8.84.